The van der Waals surface area contributed by atoms with E-state index in [9.17, 15) is 5.11 Å². The van der Waals surface area contributed by atoms with Crippen LogP contribution in [0.15, 0.2) is 79.1 Å². The topological polar surface area (TPSA) is 33.1 Å². The van der Waals surface area contributed by atoms with Gasteiger partial charge in [-0.15, -0.1) is 0 Å². The van der Waals surface area contributed by atoms with Gasteiger partial charge in [-0.25, -0.2) is 0 Å². The molecule has 0 radical (unpaired) electrons. The Bertz CT molecular complexity index is 715. The summed E-state index contributed by atoms with van der Waals surface area (Å²) in [5, 5.41) is 12.0. The lowest BCUT2D eigenvalue weighted by atomic mass is 9.75. The van der Waals surface area contributed by atoms with Crippen LogP contribution >= 0.6 is 11.6 Å². The zero-order valence-electron chi connectivity index (χ0n) is 12.9. The van der Waals surface area contributed by atoms with Crippen molar-refractivity contribution >= 4 is 11.6 Å². The number of benzene rings is 2. The highest BCUT2D eigenvalue weighted by atomic mass is 35.5. The molecule has 3 rings (SSSR count). The molecule has 3 heteroatoms. The molecule has 0 unspecified atom stereocenters. The summed E-state index contributed by atoms with van der Waals surface area (Å²) in [7, 11) is 0. The predicted molar refractivity (Wildman–Crippen MR) is 93.5 cm³/mol. The molecule has 1 N–H and O–H groups in total. The average molecular weight is 324 g/mol. The molecule has 0 saturated carbocycles. The van der Waals surface area contributed by atoms with Crippen molar-refractivity contribution in [2.45, 2.75) is 18.4 Å². The molecule has 0 aliphatic heterocycles. The number of rotatable bonds is 4. The third kappa shape index (κ3) is 3.29. The molecule has 1 aromatic heterocycles. The molecule has 0 saturated heterocycles. The second kappa shape index (κ2) is 6.53. The molecule has 23 heavy (non-hydrogen) atoms. The molecule has 0 aliphatic rings. The number of hydrogen-bond acceptors (Lipinski definition) is 2. The largest absolute Gasteiger partial charge is 0.384 e. The lowest BCUT2D eigenvalue weighted by molar-refractivity contribution is 0.0393. The van der Waals surface area contributed by atoms with Gasteiger partial charge in [-0.2, -0.15) is 0 Å². The Kier molecular flexibility index (Phi) is 4.46. The normalized spacial score (nSPS) is 14.9. The van der Waals surface area contributed by atoms with Crippen molar-refractivity contribution in [3.05, 3.63) is 101 Å². The summed E-state index contributed by atoms with van der Waals surface area (Å²) in [6.07, 6.45) is 3.51. The van der Waals surface area contributed by atoms with E-state index in [-0.39, 0.29) is 5.92 Å². The van der Waals surface area contributed by atoms with Crippen LogP contribution in [-0.4, -0.2) is 10.1 Å². The van der Waals surface area contributed by atoms with E-state index in [0.29, 0.717) is 5.02 Å². The van der Waals surface area contributed by atoms with Crippen molar-refractivity contribution in [2.75, 3.05) is 0 Å². The van der Waals surface area contributed by atoms with Crippen LogP contribution in [0.3, 0.4) is 0 Å². The van der Waals surface area contributed by atoms with Crippen LogP contribution < -0.4 is 0 Å². The number of aliphatic hydroxyl groups is 1. The molecule has 1 heterocycles. The second-order valence-electron chi connectivity index (χ2n) is 5.78. The minimum atomic E-state index is -1.08. The average Bonchev–Trinajstić information content (AvgIpc) is 2.57. The fraction of sp³-hybridized carbons (Fsp3) is 0.150. The van der Waals surface area contributed by atoms with Gasteiger partial charge in [0.2, 0.25) is 0 Å². The van der Waals surface area contributed by atoms with Crippen LogP contribution in [0.1, 0.15) is 29.5 Å². The van der Waals surface area contributed by atoms with Crippen LogP contribution in [0.5, 0.6) is 0 Å². The van der Waals surface area contributed by atoms with Crippen LogP contribution in [0, 0.1) is 0 Å². The van der Waals surface area contributed by atoms with Gasteiger partial charge in [0, 0.05) is 23.3 Å². The summed E-state index contributed by atoms with van der Waals surface area (Å²) in [4.78, 5) is 4.09. The smallest absolute Gasteiger partial charge is 0.0977 e. The van der Waals surface area contributed by atoms with E-state index in [2.05, 4.69) is 4.98 Å². The van der Waals surface area contributed by atoms with Gasteiger partial charge in [0.15, 0.2) is 0 Å². The Labute approximate surface area is 141 Å². The van der Waals surface area contributed by atoms with E-state index >= 15 is 0 Å². The summed E-state index contributed by atoms with van der Waals surface area (Å²) in [5.41, 5.74) is 1.82. The molecule has 2 atom stereocenters. The first kappa shape index (κ1) is 15.7. The maximum absolute atomic E-state index is 11.4. The van der Waals surface area contributed by atoms with Crippen LogP contribution in [0.4, 0.5) is 0 Å². The molecule has 0 amide bonds. The van der Waals surface area contributed by atoms with Gasteiger partial charge in [-0.1, -0.05) is 54.1 Å². The summed E-state index contributed by atoms with van der Waals surface area (Å²) in [6, 6.07) is 21.3. The van der Waals surface area contributed by atoms with E-state index < -0.39 is 5.60 Å². The van der Waals surface area contributed by atoms with Crippen molar-refractivity contribution in [2.24, 2.45) is 0 Å². The molecule has 2 aromatic carbocycles. The second-order valence-corrected chi connectivity index (χ2v) is 6.22. The highest BCUT2D eigenvalue weighted by molar-refractivity contribution is 6.30. The minimum Gasteiger partial charge on any atom is -0.384 e. The maximum atomic E-state index is 11.4. The Morgan fingerprint density at radius 2 is 1.43 bits per heavy atom. The molecular weight excluding hydrogens is 306 g/mol. The van der Waals surface area contributed by atoms with Crippen molar-refractivity contribution in [3.63, 3.8) is 0 Å². The monoisotopic (exact) mass is 323 g/mol. The van der Waals surface area contributed by atoms with Gasteiger partial charge >= 0.3 is 0 Å². The van der Waals surface area contributed by atoms with Crippen LogP contribution in [0.2, 0.25) is 5.02 Å². The lowest BCUT2D eigenvalue weighted by Gasteiger charge is -2.34. The number of nitrogens with zero attached hydrogens (tertiary/aromatic N) is 1. The third-order valence-electron chi connectivity index (χ3n) is 4.16. The highest BCUT2D eigenvalue weighted by Gasteiger charge is 2.36. The fourth-order valence-electron chi connectivity index (χ4n) is 3.00. The number of hydrogen-bond donors (Lipinski definition) is 1. The summed E-state index contributed by atoms with van der Waals surface area (Å²) in [6.45, 7) is 1.84. The predicted octanol–water partition coefficient (Wildman–Crippen LogP) is 4.77. The standard InChI is InChI=1S/C20H18ClNO/c1-20(23,17-7-9-18(21)10-8-17)19(15-5-3-2-4-6-15)16-11-13-22-14-12-16/h2-14,19,23H,1H3/t19-,20-/m1/s1. The fourth-order valence-corrected chi connectivity index (χ4v) is 3.12. The van der Waals surface area contributed by atoms with Crippen molar-refractivity contribution in [3.8, 4) is 0 Å². The maximum Gasteiger partial charge on any atom is 0.0977 e. The summed E-state index contributed by atoms with van der Waals surface area (Å²) < 4.78 is 0. The van der Waals surface area contributed by atoms with Gasteiger partial charge in [-0.3, -0.25) is 4.98 Å². The third-order valence-corrected chi connectivity index (χ3v) is 4.42. The zero-order valence-corrected chi connectivity index (χ0v) is 13.6. The van der Waals surface area contributed by atoms with Crippen LogP contribution in [0.25, 0.3) is 0 Å². The molecule has 0 aliphatic carbocycles. The number of halogens is 1. The van der Waals surface area contributed by atoms with E-state index in [0.717, 1.165) is 16.7 Å². The van der Waals surface area contributed by atoms with Crippen molar-refractivity contribution in [1.82, 2.24) is 4.98 Å². The molecule has 0 bridgehead atoms. The highest BCUT2D eigenvalue weighted by Crippen LogP contribution is 2.41. The Morgan fingerprint density at radius 3 is 2.04 bits per heavy atom. The van der Waals surface area contributed by atoms with E-state index in [1.54, 1.807) is 24.5 Å². The number of aromatic nitrogens is 1. The Balaban J connectivity index is 2.13. The first-order valence-corrected chi connectivity index (χ1v) is 7.90. The van der Waals surface area contributed by atoms with Gasteiger partial charge < -0.3 is 5.11 Å². The molecular formula is C20H18ClNO. The van der Waals surface area contributed by atoms with E-state index in [1.165, 1.54) is 0 Å². The van der Waals surface area contributed by atoms with Gasteiger partial charge in [0.05, 0.1) is 5.60 Å². The minimum absolute atomic E-state index is 0.201. The Morgan fingerprint density at radius 1 is 0.870 bits per heavy atom. The molecule has 116 valence electrons. The van der Waals surface area contributed by atoms with Crippen LogP contribution in [-0.2, 0) is 5.60 Å². The van der Waals surface area contributed by atoms with Gasteiger partial charge in [0.1, 0.15) is 0 Å². The summed E-state index contributed by atoms with van der Waals surface area (Å²) in [5.74, 6) is -0.201. The van der Waals surface area contributed by atoms with Gasteiger partial charge in [-0.05, 0) is 47.9 Å². The molecule has 2 nitrogen and oxygen atoms in total. The first-order valence-electron chi connectivity index (χ1n) is 7.52. The quantitative estimate of drug-likeness (QED) is 0.750. The lowest BCUT2D eigenvalue weighted by Crippen LogP contribution is -2.31. The summed E-state index contributed by atoms with van der Waals surface area (Å²) >= 11 is 5.99. The van der Waals surface area contributed by atoms with Crippen molar-refractivity contribution in [1.29, 1.82) is 0 Å². The Hall–Kier alpha value is -2.16. The van der Waals surface area contributed by atoms with E-state index in [4.69, 9.17) is 11.6 Å². The first-order chi connectivity index (χ1) is 11.1. The van der Waals surface area contributed by atoms with E-state index in [1.807, 2.05) is 61.5 Å². The number of pyridine rings is 1. The molecule has 0 spiro atoms. The SMILES string of the molecule is C[C@@](O)(c1ccc(Cl)cc1)[C@H](c1ccccc1)c1ccncc1. The molecule has 3 aromatic rings. The molecule has 0 fully saturated rings. The zero-order chi connectivity index (χ0) is 16.3. The van der Waals surface area contributed by atoms with Crippen molar-refractivity contribution < 1.29 is 5.11 Å². The van der Waals surface area contributed by atoms with Gasteiger partial charge in [0.25, 0.3) is 0 Å².